The number of ether oxygens (including phenoxy) is 1. The minimum atomic E-state index is -0.442. The Labute approximate surface area is 123 Å². The van der Waals surface area contributed by atoms with E-state index in [0.29, 0.717) is 6.61 Å². The molecule has 0 amide bonds. The van der Waals surface area contributed by atoms with Crippen molar-refractivity contribution >= 4 is 17.7 Å². The molecule has 6 heteroatoms. The molecule has 1 fully saturated rings. The van der Waals surface area contributed by atoms with Crippen LogP contribution in [-0.2, 0) is 4.79 Å². The molecular weight excluding hydrogens is 272 g/mol. The van der Waals surface area contributed by atoms with Crippen LogP contribution < -0.4 is 9.64 Å². The van der Waals surface area contributed by atoms with Gasteiger partial charge in [0.2, 0.25) is 0 Å². The van der Waals surface area contributed by atoms with Gasteiger partial charge in [0.05, 0.1) is 17.6 Å². The molecule has 1 aromatic carbocycles. The number of anilines is 1. The second-order valence-electron chi connectivity index (χ2n) is 5.15. The number of hydrogen-bond donors (Lipinski definition) is 0. The Kier molecular flexibility index (Phi) is 5.14. The summed E-state index contributed by atoms with van der Waals surface area (Å²) in [5, 5.41) is 11.0. The van der Waals surface area contributed by atoms with Gasteiger partial charge in [-0.1, -0.05) is 6.92 Å². The maximum Gasteiger partial charge on any atom is 0.311 e. The van der Waals surface area contributed by atoms with Gasteiger partial charge in [0.1, 0.15) is 6.29 Å². The normalized spacial score (nSPS) is 18.3. The van der Waals surface area contributed by atoms with Gasteiger partial charge in [0, 0.05) is 24.4 Å². The van der Waals surface area contributed by atoms with Crippen molar-refractivity contribution in [2.75, 3.05) is 18.1 Å². The quantitative estimate of drug-likeness (QED) is 0.458. The first-order valence-electron chi connectivity index (χ1n) is 7.30. The second kappa shape index (κ2) is 7.06. The van der Waals surface area contributed by atoms with Gasteiger partial charge in [0.15, 0.2) is 5.75 Å². The van der Waals surface area contributed by atoms with Gasteiger partial charge in [-0.3, -0.25) is 10.1 Å². The van der Waals surface area contributed by atoms with E-state index in [0.717, 1.165) is 44.2 Å². The number of hydrogen-bond acceptors (Lipinski definition) is 5. The van der Waals surface area contributed by atoms with Crippen LogP contribution in [-0.4, -0.2) is 30.4 Å². The van der Waals surface area contributed by atoms with E-state index < -0.39 is 4.92 Å². The van der Waals surface area contributed by atoms with E-state index in [1.165, 1.54) is 6.07 Å². The highest BCUT2D eigenvalue weighted by Gasteiger charge is 2.24. The van der Waals surface area contributed by atoms with Crippen LogP contribution in [0.4, 0.5) is 11.4 Å². The monoisotopic (exact) mass is 292 g/mol. The standard InChI is InChI=1S/C15H20N2O4/c1-2-9-21-15-10-12(6-7-14(15)17(19)20)16-8-4-3-5-13(16)11-18/h6-7,10-11,13H,2-5,8-9H2,1H3. The number of nitro benzene ring substituents is 1. The zero-order valence-electron chi connectivity index (χ0n) is 12.2. The lowest BCUT2D eigenvalue weighted by Crippen LogP contribution is -2.40. The molecule has 0 bridgehead atoms. The van der Waals surface area contributed by atoms with Gasteiger partial charge in [0.25, 0.3) is 0 Å². The molecule has 1 aromatic rings. The van der Waals surface area contributed by atoms with E-state index in [2.05, 4.69) is 0 Å². The van der Waals surface area contributed by atoms with E-state index in [4.69, 9.17) is 4.74 Å². The molecule has 0 N–H and O–H groups in total. The molecule has 1 unspecified atom stereocenters. The molecule has 0 radical (unpaired) electrons. The van der Waals surface area contributed by atoms with E-state index >= 15 is 0 Å². The molecule has 1 saturated heterocycles. The Morgan fingerprint density at radius 1 is 1.48 bits per heavy atom. The van der Waals surface area contributed by atoms with Crippen molar-refractivity contribution in [1.29, 1.82) is 0 Å². The van der Waals surface area contributed by atoms with Crippen LogP contribution in [0.25, 0.3) is 0 Å². The van der Waals surface area contributed by atoms with Crippen molar-refractivity contribution in [3.63, 3.8) is 0 Å². The fraction of sp³-hybridized carbons (Fsp3) is 0.533. The van der Waals surface area contributed by atoms with Gasteiger partial charge in [-0.15, -0.1) is 0 Å². The maximum absolute atomic E-state index is 11.2. The number of benzene rings is 1. The minimum Gasteiger partial charge on any atom is -0.487 e. The number of aldehydes is 1. The van der Waals surface area contributed by atoms with Gasteiger partial charge in [-0.2, -0.15) is 0 Å². The lowest BCUT2D eigenvalue weighted by Gasteiger charge is -2.34. The lowest BCUT2D eigenvalue weighted by atomic mass is 10.0. The zero-order chi connectivity index (χ0) is 15.2. The minimum absolute atomic E-state index is 0.0353. The Morgan fingerprint density at radius 2 is 2.29 bits per heavy atom. The predicted molar refractivity (Wildman–Crippen MR) is 79.9 cm³/mol. The smallest absolute Gasteiger partial charge is 0.311 e. The van der Waals surface area contributed by atoms with Gasteiger partial charge in [-0.25, -0.2) is 0 Å². The van der Waals surface area contributed by atoms with Crippen LogP contribution in [0.3, 0.4) is 0 Å². The number of nitrogens with zero attached hydrogens (tertiary/aromatic N) is 2. The zero-order valence-corrected chi connectivity index (χ0v) is 12.2. The fourth-order valence-electron chi connectivity index (χ4n) is 2.58. The Morgan fingerprint density at radius 3 is 2.95 bits per heavy atom. The topological polar surface area (TPSA) is 72.7 Å². The fourth-order valence-corrected chi connectivity index (χ4v) is 2.58. The second-order valence-corrected chi connectivity index (χ2v) is 5.15. The number of nitro groups is 1. The van der Waals surface area contributed by atoms with Crippen molar-refractivity contribution in [3.8, 4) is 5.75 Å². The van der Waals surface area contributed by atoms with Crippen LogP contribution in [0.15, 0.2) is 18.2 Å². The number of piperidine rings is 1. The summed E-state index contributed by atoms with van der Waals surface area (Å²) < 4.78 is 5.49. The predicted octanol–water partition coefficient (Wildman–Crippen LogP) is 2.94. The van der Waals surface area contributed by atoms with Gasteiger partial charge >= 0.3 is 5.69 Å². The highest BCUT2D eigenvalue weighted by Crippen LogP contribution is 2.34. The molecule has 114 valence electrons. The molecular formula is C15H20N2O4. The SMILES string of the molecule is CCCOc1cc(N2CCCCC2C=O)ccc1[N+](=O)[O-]. The summed E-state index contributed by atoms with van der Waals surface area (Å²) in [6.45, 7) is 3.17. The van der Waals surface area contributed by atoms with Crippen LogP contribution >= 0.6 is 0 Å². The summed E-state index contributed by atoms with van der Waals surface area (Å²) in [6, 6.07) is 4.67. The third-order valence-corrected chi connectivity index (χ3v) is 3.64. The molecule has 21 heavy (non-hydrogen) atoms. The summed E-state index contributed by atoms with van der Waals surface area (Å²) in [5.74, 6) is 0.273. The summed E-state index contributed by atoms with van der Waals surface area (Å²) >= 11 is 0. The molecule has 0 saturated carbocycles. The van der Waals surface area contributed by atoms with E-state index in [-0.39, 0.29) is 17.5 Å². The van der Waals surface area contributed by atoms with Crippen molar-refractivity contribution in [3.05, 3.63) is 28.3 Å². The third kappa shape index (κ3) is 3.51. The van der Waals surface area contributed by atoms with Crippen LogP contribution in [0.1, 0.15) is 32.6 Å². The number of rotatable bonds is 6. The molecule has 1 aliphatic heterocycles. The Balaban J connectivity index is 2.31. The van der Waals surface area contributed by atoms with Crippen molar-refractivity contribution in [2.24, 2.45) is 0 Å². The Bertz CT molecular complexity index is 518. The average Bonchev–Trinajstić information content (AvgIpc) is 2.52. The maximum atomic E-state index is 11.2. The summed E-state index contributed by atoms with van der Waals surface area (Å²) in [4.78, 5) is 23.8. The first-order valence-corrected chi connectivity index (χ1v) is 7.30. The molecule has 0 spiro atoms. The van der Waals surface area contributed by atoms with Crippen LogP contribution in [0.2, 0.25) is 0 Å². The molecule has 1 aliphatic rings. The average molecular weight is 292 g/mol. The van der Waals surface area contributed by atoms with Crippen LogP contribution in [0.5, 0.6) is 5.75 Å². The summed E-state index contributed by atoms with van der Waals surface area (Å²) in [7, 11) is 0. The van der Waals surface area contributed by atoms with Crippen LogP contribution in [0, 0.1) is 10.1 Å². The Hall–Kier alpha value is -2.11. The number of carbonyl (C=O) groups excluding carboxylic acids is 1. The molecule has 0 aromatic heterocycles. The highest BCUT2D eigenvalue weighted by atomic mass is 16.6. The summed E-state index contributed by atoms with van der Waals surface area (Å²) in [5.41, 5.74) is 0.773. The van der Waals surface area contributed by atoms with E-state index in [1.54, 1.807) is 12.1 Å². The van der Waals surface area contributed by atoms with Crippen molar-refractivity contribution < 1.29 is 14.5 Å². The highest BCUT2D eigenvalue weighted by molar-refractivity contribution is 5.68. The lowest BCUT2D eigenvalue weighted by molar-refractivity contribution is -0.385. The van der Waals surface area contributed by atoms with Gasteiger partial charge < -0.3 is 14.4 Å². The van der Waals surface area contributed by atoms with E-state index in [1.807, 2.05) is 11.8 Å². The third-order valence-electron chi connectivity index (χ3n) is 3.64. The summed E-state index contributed by atoms with van der Waals surface area (Å²) in [6.07, 6.45) is 4.61. The van der Waals surface area contributed by atoms with Crippen molar-refractivity contribution in [2.45, 2.75) is 38.6 Å². The first kappa shape index (κ1) is 15.3. The first-order chi connectivity index (χ1) is 10.2. The van der Waals surface area contributed by atoms with Gasteiger partial charge in [-0.05, 0) is 31.7 Å². The molecule has 6 nitrogen and oxygen atoms in total. The molecule has 2 rings (SSSR count). The molecule has 1 atom stereocenters. The molecule has 0 aliphatic carbocycles. The largest absolute Gasteiger partial charge is 0.487 e. The molecule has 1 heterocycles. The van der Waals surface area contributed by atoms with Crippen molar-refractivity contribution in [1.82, 2.24) is 0 Å². The van der Waals surface area contributed by atoms with E-state index in [9.17, 15) is 14.9 Å². The number of carbonyl (C=O) groups is 1.